The first-order chi connectivity index (χ1) is 6.50. The monoisotopic (exact) mass is 213 g/mol. The van der Waals surface area contributed by atoms with Crippen LogP contribution in [0, 0.1) is 5.41 Å². The van der Waals surface area contributed by atoms with Gasteiger partial charge >= 0.3 is 0 Å². The Morgan fingerprint density at radius 3 is 2.71 bits per heavy atom. The quantitative estimate of drug-likeness (QED) is 0.656. The predicted octanol–water partition coefficient (Wildman–Crippen LogP) is 1.15. The number of nitrogens with two attached hydrogens (primary N) is 1. The predicted molar refractivity (Wildman–Crippen MR) is 62.7 cm³/mol. The molecular weight excluding hydrogens is 194 g/mol. The Bertz CT molecular complexity index is 275. The van der Waals surface area contributed by atoms with E-state index in [1.807, 2.05) is 11.8 Å². The van der Waals surface area contributed by atoms with Crippen LogP contribution in [0.1, 0.15) is 20.3 Å². The third-order valence-corrected chi connectivity index (χ3v) is 5.13. The molecule has 2 rings (SSSR count). The topological polar surface area (TPSA) is 41.6 Å². The smallest absolute Gasteiger partial charge is 0.191 e. The highest BCUT2D eigenvalue weighted by Gasteiger charge is 2.52. The standard InChI is InChI=1S/C10H19N3S/c1-9(2)4-5-14-7-10(9)6-12-8(11)13(10)3/h4-7H2,1-3H3,(H2,11,12). The van der Waals surface area contributed by atoms with Crippen molar-refractivity contribution in [2.24, 2.45) is 16.1 Å². The van der Waals surface area contributed by atoms with Crippen LogP contribution in [0.25, 0.3) is 0 Å². The molecule has 0 saturated carbocycles. The van der Waals surface area contributed by atoms with E-state index in [1.165, 1.54) is 12.2 Å². The molecule has 1 unspecified atom stereocenters. The van der Waals surface area contributed by atoms with E-state index in [-0.39, 0.29) is 5.54 Å². The van der Waals surface area contributed by atoms with E-state index in [0.717, 1.165) is 12.3 Å². The zero-order chi connectivity index (χ0) is 10.4. The van der Waals surface area contributed by atoms with Gasteiger partial charge in [-0.05, 0) is 17.6 Å². The second-order valence-electron chi connectivity index (χ2n) is 4.95. The number of hydrogen-bond donors (Lipinski definition) is 1. The third kappa shape index (κ3) is 1.16. The van der Waals surface area contributed by atoms with Crippen LogP contribution in [0.3, 0.4) is 0 Å². The number of rotatable bonds is 0. The van der Waals surface area contributed by atoms with Gasteiger partial charge in [0, 0.05) is 12.8 Å². The van der Waals surface area contributed by atoms with Gasteiger partial charge in [-0.1, -0.05) is 13.8 Å². The molecule has 1 fully saturated rings. The molecule has 0 amide bonds. The second kappa shape index (κ2) is 3.05. The van der Waals surface area contributed by atoms with Gasteiger partial charge in [-0.25, -0.2) is 0 Å². The zero-order valence-corrected chi connectivity index (χ0v) is 10.0. The minimum Gasteiger partial charge on any atom is -0.370 e. The van der Waals surface area contributed by atoms with Crippen molar-refractivity contribution in [1.82, 2.24) is 4.90 Å². The van der Waals surface area contributed by atoms with E-state index in [9.17, 15) is 0 Å². The van der Waals surface area contributed by atoms with Crippen LogP contribution in [-0.4, -0.2) is 41.5 Å². The SMILES string of the molecule is CN1C(N)=NCC12CSCCC2(C)C. The molecule has 0 aromatic carbocycles. The summed E-state index contributed by atoms with van der Waals surface area (Å²) >= 11 is 2.03. The Balaban J connectivity index is 2.31. The molecule has 2 aliphatic heterocycles. The van der Waals surface area contributed by atoms with Gasteiger partial charge in [0.25, 0.3) is 0 Å². The van der Waals surface area contributed by atoms with Crippen molar-refractivity contribution in [3.63, 3.8) is 0 Å². The van der Waals surface area contributed by atoms with Gasteiger partial charge in [0.2, 0.25) is 0 Å². The molecule has 0 aliphatic carbocycles. The lowest BCUT2D eigenvalue weighted by Crippen LogP contribution is -2.61. The summed E-state index contributed by atoms with van der Waals surface area (Å²) in [6.45, 7) is 5.56. The summed E-state index contributed by atoms with van der Waals surface area (Å²) in [5, 5.41) is 0. The third-order valence-electron chi connectivity index (χ3n) is 3.96. The average molecular weight is 213 g/mol. The van der Waals surface area contributed by atoms with Gasteiger partial charge in [0.05, 0.1) is 12.1 Å². The Morgan fingerprint density at radius 1 is 1.50 bits per heavy atom. The van der Waals surface area contributed by atoms with Crippen LogP contribution in [0.5, 0.6) is 0 Å². The van der Waals surface area contributed by atoms with E-state index in [1.54, 1.807) is 0 Å². The first-order valence-corrected chi connectivity index (χ1v) is 6.27. The normalized spacial score (nSPS) is 36.2. The van der Waals surface area contributed by atoms with Crippen LogP contribution in [0.4, 0.5) is 0 Å². The zero-order valence-electron chi connectivity index (χ0n) is 9.21. The molecule has 2 aliphatic rings. The van der Waals surface area contributed by atoms with E-state index in [0.29, 0.717) is 11.4 Å². The van der Waals surface area contributed by atoms with Crippen molar-refractivity contribution < 1.29 is 0 Å². The van der Waals surface area contributed by atoms with Gasteiger partial charge < -0.3 is 10.6 Å². The summed E-state index contributed by atoms with van der Waals surface area (Å²) < 4.78 is 0. The van der Waals surface area contributed by atoms with Crippen LogP contribution >= 0.6 is 11.8 Å². The highest BCUT2D eigenvalue weighted by Crippen LogP contribution is 2.47. The van der Waals surface area contributed by atoms with Gasteiger partial charge in [-0.15, -0.1) is 0 Å². The Kier molecular flexibility index (Phi) is 2.21. The highest BCUT2D eigenvalue weighted by molar-refractivity contribution is 7.99. The van der Waals surface area contributed by atoms with Gasteiger partial charge in [-0.2, -0.15) is 11.8 Å². The maximum absolute atomic E-state index is 5.87. The number of hydrogen-bond acceptors (Lipinski definition) is 4. The van der Waals surface area contributed by atoms with E-state index in [4.69, 9.17) is 5.73 Å². The molecule has 2 heterocycles. The summed E-state index contributed by atoms with van der Waals surface area (Å²) in [7, 11) is 2.08. The first-order valence-electron chi connectivity index (χ1n) is 5.11. The number of guanidine groups is 1. The molecular formula is C10H19N3S. The summed E-state index contributed by atoms with van der Waals surface area (Å²) in [5.74, 6) is 3.13. The van der Waals surface area contributed by atoms with E-state index in [2.05, 4.69) is 30.8 Å². The molecule has 1 saturated heterocycles. The fourth-order valence-electron chi connectivity index (χ4n) is 2.45. The molecule has 1 spiro atoms. The lowest BCUT2D eigenvalue weighted by atomic mass is 9.70. The molecule has 0 bridgehead atoms. The molecule has 14 heavy (non-hydrogen) atoms. The number of likely N-dealkylation sites (N-methyl/N-ethyl adjacent to an activating group) is 1. The maximum atomic E-state index is 5.87. The van der Waals surface area contributed by atoms with Crippen LogP contribution in [0.2, 0.25) is 0 Å². The highest BCUT2D eigenvalue weighted by atomic mass is 32.2. The Hall–Kier alpha value is -0.380. The van der Waals surface area contributed by atoms with Crippen molar-refractivity contribution in [2.75, 3.05) is 25.1 Å². The fourth-order valence-corrected chi connectivity index (χ4v) is 4.26. The minimum absolute atomic E-state index is 0.167. The van der Waals surface area contributed by atoms with Crippen molar-refractivity contribution in [2.45, 2.75) is 25.8 Å². The van der Waals surface area contributed by atoms with Crippen molar-refractivity contribution >= 4 is 17.7 Å². The van der Waals surface area contributed by atoms with Gasteiger partial charge in [-0.3, -0.25) is 4.99 Å². The van der Waals surface area contributed by atoms with Crippen molar-refractivity contribution in [3.8, 4) is 0 Å². The molecule has 0 aromatic rings. The number of nitrogens with zero attached hydrogens (tertiary/aromatic N) is 2. The molecule has 1 atom stereocenters. The minimum atomic E-state index is 0.167. The van der Waals surface area contributed by atoms with Gasteiger partial charge in [0.15, 0.2) is 5.96 Å². The molecule has 0 aromatic heterocycles. The van der Waals surface area contributed by atoms with Crippen molar-refractivity contribution in [3.05, 3.63) is 0 Å². The summed E-state index contributed by atoms with van der Waals surface area (Å²) in [5.41, 5.74) is 6.36. The number of aliphatic imine (C=N–C) groups is 1. The van der Waals surface area contributed by atoms with E-state index >= 15 is 0 Å². The lowest BCUT2D eigenvalue weighted by molar-refractivity contribution is 0.0823. The Labute approximate surface area is 90.1 Å². The van der Waals surface area contributed by atoms with Gasteiger partial charge in [0.1, 0.15) is 0 Å². The second-order valence-corrected chi connectivity index (χ2v) is 6.06. The molecule has 4 heteroatoms. The number of thioether (sulfide) groups is 1. The van der Waals surface area contributed by atoms with Crippen LogP contribution < -0.4 is 5.73 Å². The van der Waals surface area contributed by atoms with E-state index < -0.39 is 0 Å². The first kappa shape index (κ1) is 10.1. The van der Waals surface area contributed by atoms with Crippen molar-refractivity contribution in [1.29, 1.82) is 0 Å². The summed E-state index contributed by atoms with van der Waals surface area (Å²) in [6.07, 6.45) is 1.25. The summed E-state index contributed by atoms with van der Waals surface area (Å²) in [6, 6.07) is 0. The van der Waals surface area contributed by atoms with Crippen LogP contribution in [-0.2, 0) is 0 Å². The largest absolute Gasteiger partial charge is 0.370 e. The maximum Gasteiger partial charge on any atom is 0.191 e. The summed E-state index contributed by atoms with van der Waals surface area (Å²) in [4.78, 5) is 6.59. The lowest BCUT2D eigenvalue weighted by Gasteiger charge is -2.51. The molecule has 2 N–H and O–H groups in total. The average Bonchev–Trinajstić information content (AvgIpc) is 2.40. The molecule has 3 nitrogen and oxygen atoms in total. The fraction of sp³-hybridized carbons (Fsp3) is 0.900. The molecule has 80 valence electrons. The van der Waals surface area contributed by atoms with Crippen LogP contribution in [0.15, 0.2) is 4.99 Å². The molecule has 0 radical (unpaired) electrons. The Morgan fingerprint density at radius 2 is 2.21 bits per heavy atom.